The zero-order valence-corrected chi connectivity index (χ0v) is 16.9. The van der Waals surface area contributed by atoms with Crippen LogP contribution in [0.5, 0.6) is 0 Å². The van der Waals surface area contributed by atoms with E-state index in [2.05, 4.69) is 34.1 Å². The first-order chi connectivity index (χ1) is 13.7. The van der Waals surface area contributed by atoms with Gasteiger partial charge in [-0.25, -0.2) is 0 Å². The highest BCUT2D eigenvalue weighted by molar-refractivity contribution is 5.84. The van der Waals surface area contributed by atoms with Crippen LogP contribution in [0.15, 0.2) is 30.3 Å². The minimum Gasteiger partial charge on any atom is -0.341 e. The monoisotopic (exact) mass is 383 g/mol. The number of hydrogen-bond acceptors (Lipinski definition) is 3. The maximum atomic E-state index is 12.9. The van der Waals surface area contributed by atoms with E-state index in [9.17, 15) is 9.59 Å². The van der Waals surface area contributed by atoms with Crippen LogP contribution in [0, 0.1) is 5.92 Å². The number of amides is 2. The van der Waals surface area contributed by atoms with Crippen LogP contribution in [-0.4, -0.2) is 71.8 Å². The first kappa shape index (κ1) is 19.4. The smallest absolute Gasteiger partial charge is 0.240 e. The fourth-order valence-corrected chi connectivity index (χ4v) is 5.05. The van der Waals surface area contributed by atoms with E-state index < -0.39 is 0 Å². The number of carbonyl (C=O) groups is 2. The van der Waals surface area contributed by atoms with Crippen molar-refractivity contribution in [3.63, 3.8) is 0 Å². The molecule has 2 saturated heterocycles. The summed E-state index contributed by atoms with van der Waals surface area (Å²) < 4.78 is 0. The van der Waals surface area contributed by atoms with Gasteiger partial charge in [0.05, 0.1) is 6.04 Å². The maximum absolute atomic E-state index is 12.9. The van der Waals surface area contributed by atoms with Crippen molar-refractivity contribution in [2.75, 3.05) is 39.3 Å². The van der Waals surface area contributed by atoms with Crippen molar-refractivity contribution >= 4 is 11.8 Å². The molecule has 3 aliphatic rings. The highest BCUT2D eigenvalue weighted by Gasteiger charge is 2.38. The van der Waals surface area contributed by atoms with Gasteiger partial charge in [0.15, 0.2) is 0 Å². The third-order valence-corrected chi connectivity index (χ3v) is 6.80. The highest BCUT2D eigenvalue weighted by Crippen LogP contribution is 2.26. The molecule has 0 spiro atoms. The quantitative estimate of drug-likeness (QED) is 0.785. The second kappa shape index (κ2) is 9.08. The molecular formula is C23H33N3O2. The van der Waals surface area contributed by atoms with E-state index in [-0.39, 0.29) is 17.9 Å². The highest BCUT2D eigenvalue weighted by atomic mass is 16.2. The first-order valence-electron chi connectivity index (χ1n) is 11.1. The zero-order chi connectivity index (χ0) is 19.3. The molecular weight excluding hydrogens is 350 g/mol. The largest absolute Gasteiger partial charge is 0.341 e. The van der Waals surface area contributed by atoms with Crippen LogP contribution in [0.1, 0.15) is 44.1 Å². The minimum atomic E-state index is 0.0164. The van der Waals surface area contributed by atoms with Crippen molar-refractivity contribution in [1.82, 2.24) is 14.7 Å². The summed E-state index contributed by atoms with van der Waals surface area (Å²) in [6, 6.07) is 10.4. The molecule has 3 fully saturated rings. The number of rotatable bonds is 5. The molecule has 2 aliphatic heterocycles. The van der Waals surface area contributed by atoms with E-state index in [4.69, 9.17) is 0 Å². The molecule has 4 rings (SSSR count). The topological polar surface area (TPSA) is 43.9 Å². The van der Waals surface area contributed by atoms with E-state index in [1.165, 1.54) is 24.8 Å². The molecule has 1 aromatic rings. The van der Waals surface area contributed by atoms with Crippen molar-refractivity contribution in [3.8, 4) is 0 Å². The summed E-state index contributed by atoms with van der Waals surface area (Å²) in [4.78, 5) is 32.0. The van der Waals surface area contributed by atoms with E-state index in [0.29, 0.717) is 5.91 Å². The Labute approximate surface area is 168 Å². The fourth-order valence-electron chi connectivity index (χ4n) is 5.05. The average Bonchev–Trinajstić information content (AvgIpc) is 3.13. The van der Waals surface area contributed by atoms with Gasteiger partial charge < -0.3 is 9.80 Å². The number of benzene rings is 1. The van der Waals surface area contributed by atoms with Crippen LogP contribution in [0.2, 0.25) is 0 Å². The van der Waals surface area contributed by atoms with Gasteiger partial charge in [-0.3, -0.25) is 14.5 Å². The van der Waals surface area contributed by atoms with Gasteiger partial charge in [-0.05, 0) is 31.2 Å². The molecule has 5 heteroatoms. The molecule has 0 radical (unpaired) electrons. The number of hydrogen-bond donors (Lipinski definition) is 0. The third kappa shape index (κ3) is 4.40. The van der Waals surface area contributed by atoms with Crippen LogP contribution < -0.4 is 0 Å². The van der Waals surface area contributed by atoms with E-state index in [1.54, 1.807) is 0 Å². The van der Waals surface area contributed by atoms with E-state index in [1.807, 2.05) is 11.0 Å². The summed E-state index contributed by atoms with van der Waals surface area (Å²) in [5.74, 6) is 0.895. The molecule has 0 aromatic heterocycles. The van der Waals surface area contributed by atoms with Gasteiger partial charge in [-0.2, -0.15) is 0 Å². The lowest BCUT2D eigenvalue weighted by Crippen LogP contribution is -2.54. The Morgan fingerprint density at radius 1 is 0.893 bits per heavy atom. The molecule has 0 N–H and O–H groups in total. The summed E-state index contributed by atoms with van der Waals surface area (Å²) in [5, 5.41) is 0. The molecule has 1 saturated carbocycles. The number of piperazine rings is 1. The van der Waals surface area contributed by atoms with Crippen molar-refractivity contribution in [3.05, 3.63) is 35.9 Å². The normalized spacial score (nSPS) is 24.7. The Morgan fingerprint density at radius 2 is 1.61 bits per heavy atom. The van der Waals surface area contributed by atoms with Crippen LogP contribution in [0.4, 0.5) is 0 Å². The van der Waals surface area contributed by atoms with Crippen molar-refractivity contribution in [1.29, 1.82) is 0 Å². The standard InChI is InChI=1S/C23H33N3O2/c27-22(20-9-5-2-6-10-20)26-17-15-24(16-18-26)21-12-14-25(23(21)28)13-11-19-7-3-1-4-8-19/h1,3-4,7-8,20-21H,2,5-6,9-18H2. The van der Waals surface area contributed by atoms with Crippen molar-refractivity contribution < 1.29 is 9.59 Å². The van der Waals surface area contributed by atoms with Gasteiger partial charge in [0.25, 0.3) is 0 Å². The zero-order valence-electron chi connectivity index (χ0n) is 16.9. The van der Waals surface area contributed by atoms with Gasteiger partial charge in [0, 0.05) is 45.2 Å². The number of nitrogens with zero attached hydrogens (tertiary/aromatic N) is 3. The van der Waals surface area contributed by atoms with Gasteiger partial charge in [-0.1, -0.05) is 49.6 Å². The van der Waals surface area contributed by atoms with Gasteiger partial charge in [0.1, 0.15) is 0 Å². The predicted molar refractivity (Wildman–Crippen MR) is 110 cm³/mol. The Balaban J connectivity index is 1.24. The lowest BCUT2D eigenvalue weighted by Gasteiger charge is -2.39. The summed E-state index contributed by atoms with van der Waals surface area (Å²) in [5.41, 5.74) is 1.29. The second-order valence-corrected chi connectivity index (χ2v) is 8.56. The Hall–Kier alpha value is -1.88. The SMILES string of the molecule is O=C(C1CCCCC1)N1CCN(C2CCN(CCc3ccccc3)C2=O)CC1. The van der Waals surface area contributed by atoms with Crippen LogP contribution in [-0.2, 0) is 16.0 Å². The third-order valence-electron chi connectivity index (χ3n) is 6.80. The fraction of sp³-hybridized carbons (Fsp3) is 0.652. The lowest BCUT2D eigenvalue weighted by molar-refractivity contribution is -0.139. The first-order valence-corrected chi connectivity index (χ1v) is 11.1. The van der Waals surface area contributed by atoms with Crippen molar-refractivity contribution in [2.45, 2.75) is 51.0 Å². The minimum absolute atomic E-state index is 0.0164. The summed E-state index contributed by atoms with van der Waals surface area (Å²) in [6.07, 6.45) is 7.65. The molecule has 1 unspecified atom stereocenters. The molecule has 152 valence electrons. The van der Waals surface area contributed by atoms with Gasteiger partial charge in [0.2, 0.25) is 11.8 Å². The molecule has 0 bridgehead atoms. The summed E-state index contributed by atoms with van der Waals surface area (Å²) in [6.45, 7) is 4.89. The summed E-state index contributed by atoms with van der Waals surface area (Å²) >= 11 is 0. The van der Waals surface area contributed by atoms with Crippen molar-refractivity contribution in [2.24, 2.45) is 5.92 Å². The molecule has 2 amide bonds. The van der Waals surface area contributed by atoms with Crippen LogP contribution in [0.25, 0.3) is 0 Å². The lowest BCUT2D eigenvalue weighted by atomic mass is 9.88. The van der Waals surface area contributed by atoms with Gasteiger partial charge >= 0.3 is 0 Å². The Bertz CT molecular complexity index is 664. The van der Waals surface area contributed by atoms with E-state index in [0.717, 1.165) is 65.0 Å². The second-order valence-electron chi connectivity index (χ2n) is 8.56. The molecule has 5 nitrogen and oxygen atoms in total. The predicted octanol–water partition coefficient (Wildman–Crippen LogP) is 2.55. The summed E-state index contributed by atoms with van der Waals surface area (Å²) in [7, 11) is 0. The Morgan fingerprint density at radius 3 is 2.32 bits per heavy atom. The van der Waals surface area contributed by atoms with E-state index >= 15 is 0 Å². The maximum Gasteiger partial charge on any atom is 0.240 e. The molecule has 1 atom stereocenters. The van der Waals surface area contributed by atoms with Crippen LogP contribution in [0.3, 0.4) is 0 Å². The molecule has 1 aliphatic carbocycles. The van der Waals surface area contributed by atoms with Gasteiger partial charge in [-0.15, -0.1) is 0 Å². The van der Waals surface area contributed by atoms with Crippen LogP contribution >= 0.6 is 0 Å². The molecule has 1 aromatic carbocycles. The average molecular weight is 384 g/mol. The molecule has 2 heterocycles. The molecule has 28 heavy (non-hydrogen) atoms. The number of likely N-dealkylation sites (tertiary alicyclic amines) is 1. The Kier molecular flexibility index (Phi) is 6.30. The number of carbonyl (C=O) groups excluding carboxylic acids is 2.